The van der Waals surface area contributed by atoms with Gasteiger partial charge in [0.2, 0.25) is 0 Å². The van der Waals surface area contributed by atoms with E-state index in [9.17, 15) is 9.90 Å². The Morgan fingerprint density at radius 2 is 1.89 bits per heavy atom. The lowest BCUT2D eigenvalue weighted by molar-refractivity contribution is 0.102. The van der Waals surface area contributed by atoms with Crippen LogP contribution in [0.4, 0.5) is 11.4 Å². The minimum Gasteiger partial charge on any atom is -0.399 e. The zero-order valence-corrected chi connectivity index (χ0v) is 10.6. The molecule has 2 aromatic rings. The number of aliphatic hydroxyl groups excluding tert-OH is 1. The molecule has 0 unspecified atom stereocenters. The smallest absolute Gasteiger partial charge is 0.255 e. The molecular formula is C15H16N2O2. The summed E-state index contributed by atoms with van der Waals surface area (Å²) in [6.07, 6.45) is -0.515. The van der Waals surface area contributed by atoms with E-state index in [2.05, 4.69) is 5.32 Å². The standard InChI is InChI=1S/C15H16N2O2/c1-10(18)11-5-7-14(8-6-11)17-15(19)12-3-2-4-13(16)9-12/h2-10,18H,16H2,1H3,(H,17,19)/t10-/m0/s1. The Kier molecular flexibility index (Phi) is 3.82. The molecule has 0 saturated carbocycles. The van der Waals surface area contributed by atoms with Crippen LogP contribution < -0.4 is 11.1 Å². The van der Waals surface area contributed by atoms with Gasteiger partial charge in [-0.3, -0.25) is 4.79 Å². The number of aliphatic hydroxyl groups is 1. The van der Waals surface area contributed by atoms with Crippen LogP contribution in [0.15, 0.2) is 48.5 Å². The zero-order valence-electron chi connectivity index (χ0n) is 10.6. The van der Waals surface area contributed by atoms with Crippen molar-refractivity contribution in [3.63, 3.8) is 0 Å². The van der Waals surface area contributed by atoms with E-state index in [0.29, 0.717) is 16.9 Å². The van der Waals surface area contributed by atoms with Crippen molar-refractivity contribution in [2.45, 2.75) is 13.0 Å². The normalized spacial score (nSPS) is 11.9. The van der Waals surface area contributed by atoms with E-state index in [0.717, 1.165) is 5.56 Å². The van der Waals surface area contributed by atoms with E-state index in [1.54, 1.807) is 55.5 Å². The van der Waals surface area contributed by atoms with Crippen molar-refractivity contribution in [3.05, 3.63) is 59.7 Å². The molecule has 0 aliphatic carbocycles. The first kappa shape index (κ1) is 13.1. The molecule has 0 heterocycles. The predicted octanol–water partition coefficient (Wildman–Crippen LogP) is 2.57. The lowest BCUT2D eigenvalue weighted by Crippen LogP contribution is -2.12. The topological polar surface area (TPSA) is 75.3 Å². The third kappa shape index (κ3) is 3.33. The molecule has 0 aliphatic heterocycles. The van der Waals surface area contributed by atoms with Crippen LogP contribution in [0.3, 0.4) is 0 Å². The van der Waals surface area contributed by atoms with Crippen LogP contribution in [-0.4, -0.2) is 11.0 Å². The highest BCUT2D eigenvalue weighted by Crippen LogP contribution is 2.16. The number of hydrogen-bond acceptors (Lipinski definition) is 3. The highest BCUT2D eigenvalue weighted by atomic mass is 16.3. The SMILES string of the molecule is C[C@H](O)c1ccc(NC(=O)c2cccc(N)c2)cc1. The van der Waals surface area contributed by atoms with Crippen LogP contribution in [0.1, 0.15) is 28.9 Å². The van der Waals surface area contributed by atoms with Gasteiger partial charge >= 0.3 is 0 Å². The number of anilines is 2. The Hall–Kier alpha value is -2.33. The molecule has 0 radical (unpaired) electrons. The van der Waals surface area contributed by atoms with Crippen LogP contribution >= 0.6 is 0 Å². The van der Waals surface area contributed by atoms with Crippen molar-refractivity contribution in [2.24, 2.45) is 0 Å². The first-order chi connectivity index (χ1) is 9.06. The Morgan fingerprint density at radius 1 is 1.21 bits per heavy atom. The third-order valence-corrected chi connectivity index (χ3v) is 2.80. The van der Waals surface area contributed by atoms with Crippen LogP contribution in [0.2, 0.25) is 0 Å². The summed E-state index contributed by atoms with van der Waals surface area (Å²) in [7, 11) is 0. The lowest BCUT2D eigenvalue weighted by atomic mass is 10.1. The van der Waals surface area contributed by atoms with Crippen molar-refractivity contribution in [1.82, 2.24) is 0 Å². The number of nitrogen functional groups attached to an aromatic ring is 1. The van der Waals surface area contributed by atoms with Crippen molar-refractivity contribution >= 4 is 17.3 Å². The predicted molar refractivity (Wildman–Crippen MR) is 75.9 cm³/mol. The Morgan fingerprint density at radius 3 is 2.47 bits per heavy atom. The molecule has 1 amide bonds. The average Bonchev–Trinajstić information content (AvgIpc) is 2.39. The van der Waals surface area contributed by atoms with Gasteiger partial charge in [0.1, 0.15) is 0 Å². The lowest BCUT2D eigenvalue weighted by Gasteiger charge is -2.08. The van der Waals surface area contributed by atoms with Crippen molar-refractivity contribution in [1.29, 1.82) is 0 Å². The molecule has 2 aromatic carbocycles. The van der Waals surface area contributed by atoms with Crippen molar-refractivity contribution in [2.75, 3.05) is 11.1 Å². The molecule has 0 bridgehead atoms. The fraction of sp³-hybridized carbons (Fsp3) is 0.133. The van der Waals surface area contributed by atoms with Gasteiger partial charge in [0, 0.05) is 16.9 Å². The van der Waals surface area contributed by atoms with Crippen LogP contribution in [-0.2, 0) is 0 Å². The molecule has 0 saturated heterocycles. The summed E-state index contributed by atoms with van der Waals surface area (Å²) in [5.41, 5.74) is 8.19. The van der Waals surface area contributed by atoms with E-state index < -0.39 is 6.10 Å². The van der Waals surface area contributed by atoms with Gasteiger partial charge in [0.05, 0.1) is 6.10 Å². The van der Waals surface area contributed by atoms with Gasteiger partial charge in [0.15, 0.2) is 0 Å². The van der Waals surface area contributed by atoms with Gasteiger partial charge in [-0.2, -0.15) is 0 Å². The second kappa shape index (κ2) is 5.54. The zero-order chi connectivity index (χ0) is 13.8. The summed E-state index contributed by atoms with van der Waals surface area (Å²) in [4.78, 5) is 12.0. The first-order valence-corrected chi connectivity index (χ1v) is 6.01. The van der Waals surface area contributed by atoms with Gasteiger partial charge in [0.25, 0.3) is 5.91 Å². The van der Waals surface area contributed by atoms with Gasteiger partial charge in [-0.05, 0) is 42.8 Å². The van der Waals surface area contributed by atoms with E-state index in [1.807, 2.05) is 0 Å². The van der Waals surface area contributed by atoms with E-state index in [1.165, 1.54) is 0 Å². The molecule has 4 heteroatoms. The molecule has 2 rings (SSSR count). The summed E-state index contributed by atoms with van der Waals surface area (Å²) in [5.74, 6) is -0.211. The molecule has 1 atom stereocenters. The summed E-state index contributed by atoms with van der Waals surface area (Å²) in [6.45, 7) is 1.69. The Bertz CT molecular complexity index is 577. The molecule has 98 valence electrons. The number of benzene rings is 2. The van der Waals surface area contributed by atoms with E-state index in [4.69, 9.17) is 5.73 Å². The first-order valence-electron chi connectivity index (χ1n) is 6.01. The molecule has 0 spiro atoms. The Labute approximate surface area is 111 Å². The second-order valence-corrected chi connectivity index (χ2v) is 4.38. The second-order valence-electron chi connectivity index (χ2n) is 4.38. The van der Waals surface area contributed by atoms with E-state index >= 15 is 0 Å². The van der Waals surface area contributed by atoms with Crippen LogP contribution in [0.5, 0.6) is 0 Å². The summed E-state index contributed by atoms with van der Waals surface area (Å²) >= 11 is 0. The maximum absolute atomic E-state index is 12.0. The maximum Gasteiger partial charge on any atom is 0.255 e. The molecule has 0 aliphatic rings. The minimum atomic E-state index is -0.515. The average molecular weight is 256 g/mol. The van der Waals surface area contributed by atoms with Crippen LogP contribution in [0.25, 0.3) is 0 Å². The fourth-order valence-corrected chi connectivity index (χ4v) is 1.73. The van der Waals surface area contributed by atoms with Gasteiger partial charge in [-0.15, -0.1) is 0 Å². The maximum atomic E-state index is 12.0. The Balaban J connectivity index is 2.10. The number of carbonyl (C=O) groups is 1. The van der Waals surface area contributed by atoms with Gasteiger partial charge in [-0.25, -0.2) is 0 Å². The summed E-state index contributed by atoms with van der Waals surface area (Å²) in [5, 5.41) is 12.2. The number of carbonyl (C=O) groups excluding carboxylic acids is 1. The molecule has 0 aromatic heterocycles. The van der Waals surface area contributed by atoms with Crippen molar-refractivity contribution in [3.8, 4) is 0 Å². The molecular weight excluding hydrogens is 240 g/mol. The highest BCUT2D eigenvalue weighted by molar-refractivity contribution is 6.04. The molecule has 19 heavy (non-hydrogen) atoms. The minimum absolute atomic E-state index is 0.211. The monoisotopic (exact) mass is 256 g/mol. The van der Waals surface area contributed by atoms with Crippen molar-refractivity contribution < 1.29 is 9.90 Å². The number of nitrogens with two attached hydrogens (primary N) is 1. The molecule has 4 N–H and O–H groups in total. The molecule has 4 nitrogen and oxygen atoms in total. The van der Waals surface area contributed by atoms with Crippen LogP contribution in [0, 0.1) is 0 Å². The number of hydrogen-bond donors (Lipinski definition) is 3. The summed E-state index contributed by atoms with van der Waals surface area (Å²) in [6, 6.07) is 13.9. The van der Waals surface area contributed by atoms with E-state index in [-0.39, 0.29) is 5.91 Å². The number of nitrogens with one attached hydrogen (secondary N) is 1. The highest BCUT2D eigenvalue weighted by Gasteiger charge is 2.06. The number of amides is 1. The number of rotatable bonds is 3. The molecule has 0 fully saturated rings. The largest absolute Gasteiger partial charge is 0.399 e. The summed E-state index contributed by atoms with van der Waals surface area (Å²) < 4.78 is 0. The third-order valence-electron chi connectivity index (χ3n) is 2.80. The van der Waals surface area contributed by atoms with Gasteiger partial charge < -0.3 is 16.2 Å². The fourth-order valence-electron chi connectivity index (χ4n) is 1.73. The van der Waals surface area contributed by atoms with Gasteiger partial charge in [-0.1, -0.05) is 18.2 Å². The quantitative estimate of drug-likeness (QED) is 0.739.